The molecular formula is C5H11N4O5P. The molecule has 0 saturated heterocycles. The van der Waals surface area contributed by atoms with Crippen molar-refractivity contribution in [1.82, 2.24) is 5.32 Å². The molecule has 2 N–H and O–H groups in total. The standard InChI is InChI=1S/C5H11N4O5P/c1-13-15(11,12)14-3-2-7-5(10)4-8-9-6/h2-4H2,1H3,(H,7,10)(H,11,12). The average molecular weight is 238 g/mol. The molecule has 0 saturated carbocycles. The predicted molar refractivity (Wildman–Crippen MR) is 49.8 cm³/mol. The molecule has 0 spiro atoms. The van der Waals surface area contributed by atoms with Crippen LogP contribution in [0.3, 0.4) is 0 Å². The Balaban J connectivity index is 3.59. The van der Waals surface area contributed by atoms with Gasteiger partial charge in [-0.3, -0.25) is 13.8 Å². The number of azide groups is 1. The largest absolute Gasteiger partial charge is 0.471 e. The highest BCUT2D eigenvalue weighted by atomic mass is 31.2. The Kier molecular flexibility index (Phi) is 6.68. The van der Waals surface area contributed by atoms with Crippen molar-refractivity contribution in [3.63, 3.8) is 0 Å². The van der Waals surface area contributed by atoms with Crippen LogP contribution in [-0.2, 0) is 18.4 Å². The molecule has 15 heavy (non-hydrogen) atoms. The summed E-state index contributed by atoms with van der Waals surface area (Å²) >= 11 is 0. The quantitative estimate of drug-likeness (QED) is 0.214. The highest BCUT2D eigenvalue weighted by Gasteiger charge is 2.17. The molecule has 0 rings (SSSR count). The first kappa shape index (κ1) is 13.9. The number of rotatable bonds is 7. The summed E-state index contributed by atoms with van der Waals surface area (Å²) in [5.41, 5.74) is 7.89. The minimum absolute atomic E-state index is 0.0215. The van der Waals surface area contributed by atoms with E-state index in [9.17, 15) is 9.36 Å². The van der Waals surface area contributed by atoms with Crippen molar-refractivity contribution in [2.24, 2.45) is 5.11 Å². The fourth-order valence-corrected chi connectivity index (χ4v) is 0.983. The number of phosphoric ester groups is 1. The number of nitrogens with zero attached hydrogens (tertiary/aromatic N) is 3. The molecule has 0 aromatic carbocycles. The maximum Gasteiger partial charge on any atom is 0.471 e. The predicted octanol–water partition coefficient (Wildman–Crippen LogP) is 0.176. The van der Waals surface area contributed by atoms with Crippen LogP contribution in [0.25, 0.3) is 10.4 Å². The van der Waals surface area contributed by atoms with Gasteiger partial charge < -0.3 is 10.2 Å². The van der Waals surface area contributed by atoms with E-state index in [1.54, 1.807) is 0 Å². The molecule has 0 aromatic rings. The van der Waals surface area contributed by atoms with Crippen LogP contribution in [0.2, 0.25) is 0 Å². The van der Waals surface area contributed by atoms with Gasteiger partial charge in [-0.05, 0) is 5.53 Å². The van der Waals surface area contributed by atoms with Gasteiger partial charge in [0, 0.05) is 18.6 Å². The van der Waals surface area contributed by atoms with Crippen LogP contribution in [0.5, 0.6) is 0 Å². The van der Waals surface area contributed by atoms with E-state index in [0.717, 1.165) is 7.11 Å². The Morgan fingerprint density at radius 1 is 1.73 bits per heavy atom. The van der Waals surface area contributed by atoms with Gasteiger partial charge in [-0.15, -0.1) is 0 Å². The molecule has 9 nitrogen and oxygen atoms in total. The minimum atomic E-state index is -3.99. The van der Waals surface area contributed by atoms with Crippen molar-refractivity contribution < 1.29 is 23.3 Å². The van der Waals surface area contributed by atoms with E-state index in [1.807, 2.05) is 0 Å². The van der Waals surface area contributed by atoms with E-state index in [2.05, 4.69) is 24.4 Å². The maximum absolute atomic E-state index is 10.8. The SMILES string of the molecule is COP(=O)(O)OCCNC(=O)CN=[N+]=[N-]. The van der Waals surface area contributed by atoms with Gasteiger partial charge in [-0.1, -0.05) is 5.11 Å². The van der Waals surface area contributed by atoms with Crippen molar-refractivity contribution >= 4 is 13.7 Å². The van der Waals surface area contributed by atoms with Gasteiger partial charge >= 0.3 is 7.82 Å². The first-order valence-corrected chi connectivity index (χ1v) is 5.32. The van der Waals surface area contributed by atoms with Gasteiger partial charge in [-0.25, -0.2) is 4.57 Å². The lowest BCUT2D eigenvalue weighted by Crippen LogP contribution is -2.28. The molecule has 0 aromatic heterocycles. The first-order chi connectivity index (χ1) is 7.02. The lowest BCUT2D eigenvalue weighted by molar-refractivity contribution is -0.119. The van der Waals surface area contributed by atoms with Gasteiger partial charge in [0.1, 0.15) is 6.54 Å². The van der Waals surface area contributed by atoms with E-state index < -0.39 is 13.7 Å². The summed E-state index contributed by atoms with van der Waals surface area (Å²) in [6, 6.07) is 0. The van der Waals surface area contributed by atoms with E-state index >= 15 is 0 Å². The Bertz CT molecular complexity index is 302. The zero-order valence-corrected chi connectivity index (χ0v) is 8.88. The summed E-state index contributed by atoms with van der Waals surface area (Å²) in [4.78, 5) is 21.9. The second kappa shape index (κ2) is 7.22. The Labute approximate surface area is 85.6 Å². The minimum Gasteiger partial charge on any atom is -0.354 e. The van der Waals surface area contributed by atoms with Crippen LogP contribution in [0.4, 0.5) is 0 Å². The van der Waals surface area contributed by atoms with E-state index in [-0.39, 0.29) is 19.7 Å². The molecule has 10 heteroatoms. The highest BCUT2D eigenvalue weighted by Crippen LogP contribution is 2.41. The van der Waals surface area contributed by atoms with Crippen LogP contribution < -0.4 is 5.32 Å². The van der Waals surface area contributed by atoms with E-state index in [1.165, 1.54) is 0 Å². The molecule has 0 aliphatic heterocycles. The summed E-state index contributed by atoms with van der Waals surface area (Å²) in [6.07, 6.45) is 0. The highest BCUT2D eigenvalue weighted by molar-refractivity contribution is 7.47. The maximum atomic E-state index is 10.8. The number of amides is 1. The zero-order valence-electron chi connectivity index (χ0n) is 7.99. The fourth-order valence-electron chi connectivity index (χ4n) is 0.556. The summed E-state index contributed by atoms with van der Waals surface area (Å²) in [5.74, 6) is -0.499. The molecule has 1 atom stereocenters. The number of hydrogen-bond donors (Lipinski definition) is 2. The van der Waals surface area contributed by atoms with Gasteiger partial charge in [-0.2, -0.15) is 0 Å². The Hall–Kier alpha value is -1.11. The van der Waals surface area contributed by atoms with Gasteiger partial charge in [0.25, 0.3) is 0 Å². The lowest BCUT2D eigenvalue weighted by Gasteiger charge is -2.08. The Morgan fingerprint density at radius 2 is 2.40 bits per heavy atom. The molecule has 1 amide bonds. The van der Waals surface area contributed by atoms with Crippen molar-refractivity contribution in [1.29, 1.82) is 0 Å². The second-order valence-corrected chi connectivity index (χ2v) is 3.78. The molecule has 0 fully saturated rings. The first-order valence-electron chi connectivity index (χ1n) is 3.82. The number of phosphoric acid groups is 1. The lowest BCUT2D eigenvalue weighted by atomic mass is 10.6. The molecule has 0 heterocycles. The van der Waals surface area contributed by atoms with Crippen LogP contribution in [0.1, 0.15) is 0 Å². The number of carbonyl (C=O) groups is 1. The van der Waals surface area contributed by atoms with Crippen molar-refractivity contribution in [2.75, 3.05) is 26.8 Å². The molecule has 0 bridgehead atoms. The van der Waals surface area contributed by atoms with Crippen molar-refractivity contribution in [2.45, 2.75) is 0 Å². The smallest absolute Gasteiger partial charge is 0.354 e. The van der Waals surface area contributed by atoms with E-state index in [0.29, 0.717) is 0 Å². The molecule has 0 aliphatic carbocycles. The zero-order chi connectivity index (χ0) is 11.7. The van der Waals surface area contributed by atoms with Crippen molar-refractivity contribution in [3.05, 3.63) is 10.4 Å². The second-order valence-electron chi connectivity index (χ2n) is 2.22. The van der Waals surface area contributed by atoms with E-state index in [4.69, 9.17) is 10.4 Å². The fraction of sp³-hybridized carbons (Fsp3) is 0.800. The third kappa shape index (κ3) is 7.92. The van der Waals surface area contributed by atoms with Gasteiger partial charge in [0.15, 0.2) is 0 Å². The topological polar surface area (TPSA) is 134 Å². The number of hydrogen-bond acceptors (Lipinski definition) is 5. The summed E-state index contributed by atoms with van der Waals surface area (Å²) in [7, 11) is -2.96. The van der Waals surface area contributed by atoms with Crippen LogP contribution >= 0.6 is 7.82 Å². The van der Waals surface area contributed by atoms with Crippen LogP contribution in [0, 0.1) is 0 Å². The van der Waals surface area contributed by atoms with Crippen molar-refractivity contribution in [3.8, 4) is 0 Å². The summed E-state index contributed by atoms with van der Waals surface area (Å²) < 4.78 is 19.3. The summed E-state index contributed by atoms with van der Waals surface area (Å²) in [6.45, 7) is -0.477. The third-order valence-corrected chi connectivity index (χ3v) is 2.16. The van der Waals surface area contributed by atoms with Gasteiger partial charge in [0.2, 0.25) is 5.91 Å². The number of carbonyl (C=O) groups excluding carboxylic acids is 1. The third-order valence-electron chi connectivity index (χ3n) is 1.19. The molecule has 0 aliphatic rings. The van der Waals surface area contributed by atoms with Crippen LogP contribution in [0.15, 0.2) is 5.11 Å². The molecule has 86 valence electrons. The molecule has 0 radical (unpaired) electrons. The monoisotopic (exact) mass is 238 g/mol. The number of nitrogens with one attached hydrogen (secondary N) is 1. The Morgan fingerprint density at radius 3 is 2.93 bits per heavy atom. The molecular weight excluding hydrogens is 227 g/mol. The van der Waals surface area contributed by atoms with Crippen LogP contribution in [-0.4, -0.2) is 37.6 Å². The van der Waals surface area contributed by atoms with Gasteiger partial charge in [0.05, 0.1) is 6.61 Å². The summed E-state index contributed by atoms with van der Waals surface area (Å²) in [5, 5.41) is 5.31. The average Bonchev–Trinajstić information content (AvgIpc) is 2.21. The molecule has 1 unspecified atom stereocenters. The normalized spacial score (nSPS) is 13.7.